The largest absolute Gasteiger partial charge is 0.356 e. The average Bonchev–Trinajstić information content (AvgIpc) is 2.89. The van der Waals surface area contributed by atoms with Gasteiger partial charge in [-0.25, -0.2) is 12.8 Å². The summed E-state index contributed by atoms with van der Waals surface area (Å²) >= 11 is 0. The van der Waals surface area contributed by atoms with Crippen LogP contribution in [-0.2, 0) is 21.2 Å². The molecule has 0 saturated carbocycles. The molecule has 1 aliphatic rings. The Kier molecular flexibility index (Phi) is 8.31. The van der Waals surface area contributed by atoms with Gasteiger partial charge in [0, 0.05) is 13.1 Å². The fraction of sp³-hybridized carbons (Fsp3) is 0.321. The van der Waals surface area contributed by atoms with Crippen molar-refractivity contribution in [2.45, 2.75) is 43.0 Å². The van der Waals surface area contributed by atoms with Gasteiger partial charge in [-0.15, -0.1) is 0 Å². The zero-order valence-electron chi connectivity index (χ0n) is 19.6. The number of hydrogen-bond acceptors (Lipinski definition) is 3. The highest BCUT2D eigenvalue weighted by Gasteiger charge is 2.40. The molecule has 0 unspecified atom stereocenters. The number of rotatable bonds is 9. The number of aryl methyl sites for hydroxylation is 1. The molecule has 3 aromatic rings. The van der Waals surface area contributed by atoms with Crippen molar-refractivity contribution in [1.82, 2.24) is 9.62 Å². The second kappa shape index (κ2) is 11.6. The van der Waals surface area contributed by atoms with Gasteiger partial charge in [0.05, 0.1) is 16.9 Å². The maximum atomic E-state index is 13.6. The first-order valence-electron chi connectivity index (χ1n) is 12.1. The van der Waals surface area contributed by atoms with Crippen LogP contribution in [0.3, 0.4) is 0 Å². The van der Waals surface area contributed by atoms with Gasteiger partial charge >= 0.3 is 0 Å². The second-order valence-electron chi connectivity index (χ2n) is 8.96. The lowest BCUT2D eigenvalue weighted by atomic mass is 9.90. The van der Waals surface area contributed by atoms with E-state index < -0.39 is 21.8 Å². The zero-order valence-corrected chi connectivity index (χ0v) is 20.5. The summed E-state index contributed by atoms with van der Waals surface area (Å²) in [5.41, 5.74) is 2.16. The third-order valence-electron chi connectivity index (χ3n) is 6.55. The van der Waals surface area contributed by atoms with Gasteiger partial charge < -0.3 is 5.32 Å². The van der Waals surface area contributed by atoms with Gasteiger partial charge in [-0.3, -0.25) is 4.79 Å². The van der Waals surface area contributed by atoms with E-state index in [-0.39, 0.29) is 23.4 Å². The van der Waals surface area contributed by atoms with E-state index in [1.807, 2.05) is 48.5 Å². The van der Waals surface area contributed by atoms with Gasteiger partial charge in [0.25, 0.3) is 0 Å². The van der Waals surface area contributed by atoms with E-state index in [0.717, 1.165) is 37.0 Å². The first kappa shape index (κ1) is 25.1. The molecule has 4 rings (SSSR count). The van der Waals surface area contributed by atoms with Crippen LogP contribution in [0, 0.1) is 11.7 Å². The smallest absolute Gasteiger partial charge is 0.243 e. The number of unbranched alkanes of at least 4 members (excludes halogenated alkanes) is 1. The van der Waals surface area contributed by atoms with Crippen molar-refractivity contribution in [3.63, 3.8) is 0 Å². The summed E-state index contributed by atoms with van der Waals surface area (Å²) in [5.74, 6) is -1.04. The number of hydrogen-bond donors (Lipinski definition) is 1. The first-order chi connectivity index (χ1) is 16.9. The van der Waals surface area contributed by atoms with Crippen LogP contribution in [0.1, 0.15) is 42.9 Å². The molecule has 184 valence electrons. The highest BCUT2D eigenvalue weighted by atomic mass is 32.2. The summed E-state index contributed by atoms with van der Waals surface area (Å²) in [6.45, 7) is 0.657. The van der Waals surface area contributed by atoms with Crippen molar-refractivity contribution >= 4 is 15.9 Å². The molecule has 5 nitrogen and oxygen atoms in total. The summed E-state index contributed by atoms with van der Waals surface area (Å²) < 4.78 is 42.0. The van der Waals surface area contributed by atoms with Gasteiger partial charge in [-0.1, -0.05) is 60.7 Å². The maximum Gasteiger partial charge on any atom is 0.243 e. The molecule has 0 radical (unpaired) electrons. The normalized spacial score (nSPS) is 18.8. The fourth-order valence-corrected chi connectivity index (χ4v) is 6.31. The van der Waals surface area contributed by atoms with Crippen LogP contribution < -0.4 is 5.32 Å². The van der Waals surface area contributed by atoms with Crippen LogP contribution in [0.2, 0.25) is 0 Å². The van der Waals surface area contributed by atoms with E-state index in [9.17, 15) is 17.6 Å². The molecule has 2 atom stereocenters. The highest BCUT2D eigenvalue weighted by molar-refractivity contribution is 7.89. The molecule has 0 aliphatic carbocycles. The molecule has 1 fully saturated rings. The number of amides is 1. The van der Waals surface area contributed by atoms with E-state index in [4.69, 9.17) is 0 Å². The summed E-state index contributed by atoms with van der Waals surface area (Å²) in [5, 5.41) is 3.00. The van der Waals surface area contributed by atoms with Crippen LogP contribution in [-0.4, -0.2) is 31.7 Å². The Hall–Kier alpha value is -3.03. The molecule has 1 aliphatic heterocycles. The molecule has 1 amide bonds. The predicted molar refractivity (Wildman–Crippen MR) is 135 cm³/mol. The standard InChI is InChI=1S/C28H31FN2O3S/c29-25-15-17-26(18-16-25)35(33,34)31-21-24(14-19-27(31)23-12-5-2-6-13-23)28(32)30-20-8-7-11-22-9-3-1-4-10-22/h1-6,9-10,12-13,15-18,24,27H,7-8,11,14,19-21H2,(H,30,32)/t24-,27-/m1/s1. The predicted octanol–water partition coefficient (Wildman–Crippen LogP) is 5.11. The molecule has 35 heavy (non-hydrogen) atoms. The Morgan fingerprint density at radius 3 is 2.23 bits per heavy atom. The Labute approximate surface area is 207 Å². The van der Waals surface area contributed by atoms with Gasteiger partial charge in [0.2, 0.25) is 15.9 Å². The lowest BCUT2D eigenvalue weighted by Gasteiger charge is -2.38. The molecule has 1 N–H and O–H groups in total. The van der Waals surface area contributed by atoms with Crippen molar-refractivity contribution in [3.05, 3.63) is 102 Å². The monoisotopic (exact) mass is 494 g/mol. The average molecular weight is 495 g/mol. The minimum atomic E-state index is -3.92. The topological polar surface area (TPSA) is 66.5 Å². The van der Waals surface area contributed by atoms with Crippen molar-refractivity contribution in [1.29, 1.82) is 0 Å². The second-order valence-corrected chi connectivity index (χ2v) is 10.9. The lowest BCUT2D eigenvalue weighted by Crippen LogP contribution is -2.47. The van der Waals surface area contributed by atoms with E-state index >= 15 is 0 Å². The van der Waals surface area contributed by atoms with E-state index in [1.165, 1.54) is 22.0 Å². The molecule has 0 spiro atoms. The number of carbonyl (C=O) groups excluding carboxylic acids is 1. The summed E-state index contributed by atoms with van der Waals surface area (Å²) in [6, 6.07) is 24.2. The highest BCUT2D eigenvalue weighted by Crippen LogP contribution is 2.37. The Bertz CT molecular complexity index is 1200. The summed E-state index contributed by atoms with van der Waals surface area (Å²) in [7, 11) is -3.92. The van der Waals surface area contributed by atoms with Crippen molar-refractivity contribution in [2.75, 3.05) is 13.1 Å². The minimum absolute atomic E-state index is 0.0294. The van der Waals surface area contributed by atoms with Gasteiger partial charge in [0.1, 0.15) is 5.82 Å². The Morgan fingerprint density at radius 2 is 1.54 bits per heavy atom. The number of halogens is 1. The van der Waals surface area contributed by atoms with Crippen LogP contribution in [0.4, 0.5) is 4.39 Å². The lowest BCUT2D eigenvalue weighted by molar-refractivity contribution is -0.126. The third-order valence-corrected chi connectivity index (χ3v) is 8.44. The zero-order chi connectivity index (χ0) is 24.7. The van der Waals surface area contributed by atoms with E-state index in [2.05, 4.69) is 17.4 Å². The van der Waals surface area contributed by atoms with Crippen molar-refractivity contribution in [3.8, 4) is 0 Å². The molecule has 1 saturated heterocycles. The fourth-order valence-electron chi connectivity index (χ4n) is 4.62. The number of nitrogens with one attached hydrogen (secondary N) is 1. The molecular weight excluding hydrogens is 463 g/mol. The number of sulfonamides is 1. The van der Waals surface area contributed by atoms with E-state index in [0.29, 0.717) is 19.4 Å². The number of piperidine rings is 1. The van der Waals surface area contributed by atoms with Gasteiger partial charge in [-0.2, -0.15) is 4.31 Å². The van der Waals surface area contributed by atoms with Crippen LogP contribution in [0.5, 0.6) is 0 Å². The van der Waals surface area contributed by atoms with Crippen LogP contribution in [0.25, 0.3) is 0 Å². The Morgan fingerprint density at radius 1 is 0.886 bits per heavy atom. The van der Waals surface area contributed by atoms with Crippen molar-refractivity contribution < 1.29 is 17.6 Å². The van der Waals surface area contributed by atoms with E-state index in [1.54, 1.807) is 0 Å². The molecule has 0 bridgehead atoms. The third kappa shape index (κ3) is 6.35. The first-order valence-corrected chi connectivity index (χ1v) is 13.5. The molecule has 3 aromatic carbocycles. The number of nitrogens with zero attached hydrogens (tertiary/aromatic N) is 1. The van der Waals surface area contributed by atoms with Crippen LogP contribution >= 0.6 is 0 Å². The number of carbonyl (C=O) groups is 1. The molecule has 0 aromatic heterocycles. The molecule has 7 heteroatoms. The SMILES string of the molecule is O=C(NCCCCc1ccccc1)[C@@H]1CC[C@H](c2ccccc2)N(S(=O)(=O)c2ccc(F)cc2)C1. The molecular formula is C28H31FN2O3S. The number of benzene rings is 3. The quantitative estimate of drug-likeness (QED) is 0.421. The summed E-state index contributed by atoms with van der Waals surface area (Å²) in [4.78, 5) is 13.0. The van der Waals surface area contributed by atoms with Gasteiger partial charge in [0.15, 0.2) is 0 Å². The van der Waals surface area contributed by atoms with Gasteiger partial charge in [-0.05, 0) is 67.5 Å². The Balaban J connectivity index is 1.42. The van der Waals surface area contributed by atoms with Crippen LogP contribution in [0.15, 0.2) is 89.8 Å². The maximum absolute atomic E-state index is 13.6. The minimum Gasteiger partial charge on any atom is -0.356 e. The van der Waals surface area contributed by atoms with Crippen molar-refractivity contribution in [2.24, 2.45) is 5.92 Å². The molecule has 1 heterocycles. The summed E-state index contributed by atoms with van der Waals surface area (Å²) in [6.07, 6.45) is 3.93.